The summed E-state index contributed by atoms with van der Waals surface area (Å²) in [7, 11) is 0. The predicted molar refractivity (Wildman–Crippen MR) is 50.5 cm³/mol. The standard InChI is InChI=1S/C9H13N3O/c10-5-6-1-3-7(4-2-6)8(11)9(12)13/h1-4,8H,5,10-11H2,(H2,12,13). The van der Waals surface area contributed by atoms with Crippen molar-refractivity contribution in [1.82, 2.24) is 0 Å². The normalized spacial score (nSPS) is 12.5. The summed E-state index contributed by atoms with van der Waals surface area (Å²) < 4.78 is 0. The van der Waals surface area contributed by atoms with E-state index in [9.17, 15) is 4.79 Å². The smallest absolute Gasteiger partial charge is 0.238 e. The van der Waals surface area contributed by atoms with Crippen molar-refractivity contribution in [3.05, 3.63) is 35.4 Å². The highest BCUT2D eigenvalue weighted by Gasteiger charge is 2.10. The first-order valence-corrected chi connectivity index (χ1v) is 3.99. The Labute approximate surface area is 76.7 Å². The summed E-state index contributed by atoms with van der Waals surface area (Å²) in [6.07, 6.45) is 0. The van der Waals surface area contributed by atoms with Gasteiger partial charge in [-0.15, -0.1) is 0 Å². The largest absolute Gasteiger partial charge is 0.368 e. The summed E-state index contributed by atoms with van der Waals surface area (Å²) in [6.45, 7) is 0.478. The average Bonchev–Trinajstić information content (AvgIpc) is 2.17. The third-order valence-electron chi connectivity index (χ3n) is 1.88. The third kappa shape index (κ3) is 2.27. The predicted octanol–water partition coefficient (Wildman–Crippen LogP) is -0.370. The van der Waals surface area contributed by atoms with Crippen LogP contribution in [0.4, 0.5) is 0 Å². The Kier molecular flexibility index (Phi) is 3.00. The molecule has 0 fully saturated rings. The van der Waals surface area contributed by atoms with Crippen molar-refractivity contribution >= 4 is 5.91 Å². The number of nitrogens with two attached hydrogens (primary N) is 3. The van der Waals surface area contributed by atoms with Gasteiger partial charge in [-0.25, -0.2) is 0 Å². The molecule has 0 aromatic heterocycles. The number of primary amides is 1. The van der Waals surface area contributed by atoms with Gasteiger partial charge in [-0.2, -0.15) is 0 Å². The Balaban J connectivity index is 2.85. The molecular weight excluding hydrogens is 166 g/mol. The minimum absolute atomic E-state index is 0.478. The van der Waals surface area contributed by atoms with Crippen molar-refractivity contribution in [2.24, 2.45) is 17.2 Å². The van der Waals surface area contributed by atoms with Gasteiger partial charge in [0.1, 0.15) is 6.04 Å². The zero-order chi connectivity index (χ0) is 9.84. The Morgan fingerprint density at radius 1 is 1.31 bits per heavy atom. The van der Waals surface area contributed by atoms with Crippen molar-refractivity contribution in [2.75, 3.05) is 0 Å². The zero-order valence-corrected chi connectivity index (χ0v) is 7.23. The van der Waals surface area contributed by atoms with E-state index in [-0.39, 0.29) is 0 Å². The summed E-state index contributed by atoms with van der Waals surface area (Å²) >= 11 is 0. The van der Waals surface area contributed by atoms with Crippen LogP contribution < -0.4 is 17.2 Å². The Morgan fingerprint density at radius 3 is 2.23 bits per heavy atom. The van der Waals surface area contributed by atoms with E-state index < -0.39 is 11.9 Å². The topological polar surface area (TPSA) is 95.1 Å². The lowest BCUT2D eigenvalue weighted by molar-refractivity contribution is -0.119. The van der Waals surface area contributed by atoms with E-state index in [2.05, 4.69) is 0 Å². The molecule has 0 aliphatic rings. The first-order valence-electron chi connectivity index (χ1n) is 3.99. The van der Waals surface area contributed by atoms with Crippen LogP contribution in [0.3, 0.4) is 0 Å². The van der Waals surface area contributed by atoms with Crippen molar-refractivity contribution in [3.63, 3.8) is 0 Å². The highest BCUT2D eigenvalue weighted by Crippen LogP contribution is 2.10. The minimum Gasteiger partial charge on any atom is -0.368 e. The molecule has 1 aromatic rings. The number of carbonyl (C=O) groups excluding carboxylic acids is 1. The maximum absolute atomic E-state index is 10.7. The average molecular weight is 179 g/mol. The van der Waals surface area contributed by atoms with Gasteiger partial charge < -0.3 is 17.2 Å². The van der Waals surface area contributed by atoms with E-state index >= 15 is 0 Å². The molecule has 1 rings (SSSR count). The zero-order valence-electron chi connectivity index (χ0n) is 7.23. The van der Waals surface area contributed by atoms with Crippen LogP contribution in [-0.4, -0.2) is 5.91 Å². The molecule has 0 heterocycles. The molecule has 1 amide bonds. The summed E-state index contributed by atoms with van der Waals surface area (Å²) in [5.41, 5.74) is 17.7. The van der Waals surface area contributed by atoms with Crippen LogP contribution in [0.15, 0.2) is 24.3 Å². The molecule has 0 saturated carbocycles. The van der Waals surface area contributed by atoms with Gasteiger partial charge >= 0.3 is 0 Å². The number of benzene rings is 1. The molecule has 1 unspecified atom stereocenters. The molecular formula is C9H13N3O. The molecule has 1 atom stereocenters. The fourth-order valence-corrected chi connectivity index (χ4v) is 1.03. The number of amides is 1. The first kappa shape index (κ1) is 9.70. The highest BCUT2D eigenvalue weighted by molar-refractivity contribution is 5.81. The molecule has 0 radical (unpaired) electrons. The second-order valence-electron chi connectivity index (χ2n) is 2.83. The SMILES string of the molecule is NCc1ccc(C(N)C(N)=O)cc1. The summed E-state index contributed by atoms with van der Waals surface area (Å²) in [5.74, 6) is -0.527. The lowest BCUT2D eigenvalue weighted by atomic mass is 10.1. The summed E-state index contributed by atoms with van der Waals surface area (Å²) in [6, 6.07) is 6.46. The fourth-order valence-electron chi connectivity index (χ4n) is 1.03. The molecule has 0 aliphatic carbocycles. The second kappa shape index (κ2) is 4.02. The number of hydrogen-bond acceptors (Lipinski definition) is 3. The van der Waals surface area contributed by atoms with Crippen LogP contribution in [0.2, 0.25) is 0 Å². The maximum atomic E-state index is 10.7. The van der Waals surface area contributed by atoms with Gasteiger partial charge in [0.2, 0.25) is 5.91 Å². The van der Waals surface area contributed by atoms with E-state index in [0.29, 0.717) is 12.1 Å². The Bertz CT molecular complexity index is 294. The number of carbonyl (C=O) groups is 1. The van der Waals surface area contributed by atoms with Crippen LogP contribution in [0.25, 0.3) is 0 Å². The second-order valence-corrected chi connectivity index (χ2v) is 2.83. The van der Waals surface area contributed by atoms with Crippen molar-refractivity contribution in [3.8, 4) is 0 Å². The van der Waals surface area contributed by atoms with Crippen LogP contribution in [0.1, 0.15) is 17.2 Å². The molecule has 0 spiro atoms. The molecule has 4 nitrogen and oxygen atoms in total. The molecule has 70 valence electrons. The fraction of sp³-hybridized carbons (Fsp3) is 0.222. The minimum atomic E-state index is -0.730. The van der Waals surface area contributed by atoms with Gasteiger partial charge in [-0.3, -0.25) is 4.79 Å². The quantitative estimate of drug-likeness (QED) is 0.590. The van der Waals surface area contributed by atoms with Gasteiger partial charge in [0, 0.05) is 6.54 Å². The first-order chi connectivity index (χ1) is 6.15. The van der Waals surface area contributed by atoms with E-state index in [1.54, 1.807) is 12.1 Å². The highest BCUT2D eigenvalue weighted by atomic mass is 16.1. The van der Waals surface area contributed by atoms with Gasteiger partial charge in [0.05, 0.1) is 0 Å². The van der Waals surface area contributed by atoms with E-state index in [4.69, 9.17) is 17.2 Å². The van der Waals surface area contributed by atoms with Crippen molar-refractivity contribution in [1.29, 1.82) is 0 Å². The van der Waals surface area contributed by atoms with E-state index in [1.807, 2.05) is 12.1 Å². The van der Waals surface area contributed by atoms with Crippen LogP contribution >= 0.6 is 0 Å². The van der Waals surface area contributed by atoms with Gasteiger partial charge in [-0.05, 0) is 11.1 Å². The van der Waals surface area contributed by atoms with Gasteiger partial charge in [-0.1, -0.05) is 24.3 Å². The molecule has 4 heteroatoms. The lowest BCUT2D eigenvalue weighted by Crippen LogP contribution is -2.28. The summed E-state index contributed by atoms with van der Waals surface area (Å²) in [4.78, 5) is 10.7. The monoisotopic (exact) mass is 179 g/mol. The molecule has 0 saturated heterocycles. The number of hydrogen-bond donors (Lipinski definition) is 3. The molecule has 13 heavy (non-hydrogen) atoms. The van der Waals surface area contributed by atoms with Gasteiger partial charge in [0.25, 0.3) is 0 Å². The lowest BCUT2D eigenvalue weighted by Gasteiger charge is -2.07. The number of rotatable bonds is 3. The van der Waals surface area contributed by atoms with E-state index in [0.717, 1.165) is 5.56 Å². The Hall–Kier alpha value is -1.39. The van der Waals surface area contributed by atoms with Crippen molar-refractivity contribution < 1.29 is 4.79 Å². The molecule has 0 bridgehead atoms. The van der Waals surface area contributed by atoms with Crippen LogP contribution in [0.5, 0.6) is 0 Å². The van der Waals surface area contributed by atoms with E-state index in [1.165, 1.54) is 0 Å². The van der Waals surface area contributed by atoms with Crippen LogP contribution in [0, 0.1) is 0 Å². The Morgan fingerprint density at radius 2 is 1.85 bits per heavy atom. The maximum Gasteiger partial charge on any atom is 0.238 e. The van der Waals surface area contributed by atoms with Crippen molar-refractivity contribution in [2.45, 2.75) is 12.6 Å². The van der Waals surface area contributed by atoms with Crippen LogP contribution in [-0.2, 0) is 11.3 Å². The third-order valence-corrected chi connectivity index (χ3v) is 1.88. The van der Waals surface area contributed by atoms with Gasteiger partial charge in [0.15, 0.2) is 0 Å². The molecule has 0 aliphatic heterocycles. The summed E-state index contributed by atoms with van der Waals surface area (Å²) in [5, 5.41) is 0. The molecule has 6 N–H and O–H groups in total. The molecule has 1 aromatic carbocycles.